The summed E-state index contributed by atoms with van der Waals surface area (Å²) >= 11 is 0. The molecule has 0 aliphatic carbocycles. The smallest absolute Gasteiger partial charge is 0.276 e. The molecule has 1 aliphatic rings. The van der Waals surface area contributed by atoms with Gasteiger partial charge in [-0.2, -0.15) is 10.2 Å². The summed E-state index contributed by atoms with van der Waals surface area (Å²) in [6.45, 7) is 5.12. The molecule has 0 radical (unpaired) electrons. The third-order valence-electron chi connectivity index (χ3n) is 5.43. The Morgan fingerprint density at radius 2 is 2.12 bits per heavy atom. The van der Waals surface area contributed by atoms with Gasteiger partial charge in [0.25, 0.3) is 5.89 Å². The van der Waals surface area contributed by atoms with Crippen LogP contribution in [0.25, 0.3) is 11.6 Å². The maximum absolute atomic E-state index is 9.45. The second-order valence-electron chi connectivity index (χ2n) is 7.80. The van der Waals surface area contributed by atoms with Crippen LogP contribution >= 0.6 is 24.0 Å². The first-order valence-corrected chi connectivity index (χ1v) is 11.3. The fraction of sp³-hybridized carbons (Fsp3) is 0.375. The van der Waals surface area contributed by atoms with Crippen molar-refractivity contribution < 1.29 is 4.52 Å². The molecule has 1 aromatic carbocycles. The van der Waals surface area contributed by atoms with E-state index in [1.54, 1.807) is 6.20 Å². The number of pyridine rings is 1. The molecule has 1 fully saturated rings. The van der Waals surface area contributed by atoms with E-state index in [4.69, 9.17) is 9.52 Å². The van der Waals surface area contributed by atoms with Gasteiger partial charge >= 0.3 is 0 Å². The van der Waals surface area contributed by atoms with Crippen molar-refractivity contribution >= 4 is 35.6 Å². The third kappa shape index (κ3) is 6.66. The Kier molecular flexibility index (Phi) is 9.63. The quantitative estimate of drug-likeness (QED) is 0.252. The molecule has 1 aliphatic heterocycles. The van der Waals surface area contributed by atoms with Crippen LogP contribution in [0.1, 0.15) is 31.2 Å². The van der Waals surface area contributed by atoms with E-state index in [-0.39, 0.29) is 30.0 Å². The predicted octanol–water partition coefficient (Wildman–Crippen LogP) is 3.39. The van der Waals surface area contributed by atoms with Crippen molar-refractivity contribution in [2.75, 3.05) is 31.1 Å². The van der Waals surface area contributed by atoms with Crippen molar-refractivity contribution in [2.24, 2.45) is 4.99 Å². The summed E-state index contributed by atoms with van der Waals surface area (Å²) in [4.78, 5) is 15.6. The number of para-hydroxylation sites is 1. The molecule has 9 nitrogen and oxygen atoms in total. The normalized spacial score (nSPS) is 15.8. The van der Waals surface area contributed by atoms with Crippen molar-refractivity contribution in [1.82, 2.24) is 25.8 Å². The van der Waals surface area contributed by atoms with Crippen LogP contribution in [0.3, 0.4) is 0 Å². The Hall–Kier alpha value is -3.20. The monoisotopic (exact) mass is 572 g/mol. The number of nitriles is 1. The molecule has 1 atom stereocenters. The van der Waals surface area contributed by atoms with Crippen LogP contribution < -0.4 is 15.5 Å². The highest BCUT2D eigenvalue weighted by Crippen LogP contribution is 2.23. The van der Waals surface area contributed by atoms with E-state index in [1.807, 2.05) is 49.4 Å². The SMILES string of the molecule is CCNC(=NCCc1noc(-c2ccccn2)n1)NC1CCCN(c2ccccc2C#N)C1.I. The van der Waals surface area contributed by atoms with E-state index >= 15 is 0 Å². The molecule has 3 aromatic rings. The molecule has 10 heteroatoms. The molecule has 0 bridgehead atoms. The van der Waals surface area contributed by atoms with Crippen LogP contribution in [0.2, 0.25) is 0 Å². The largest absolute Gasteiger partial charge is 0.368 e. The summed E-state index contributed by atoms with van der Waals surface area (Å²) in [5.74, 6) is 1.79. The van der Waals surface area contributed by atoms with Crippen molar-refractivity contribution in [3.8, 4) is 17.7 Å². The van der Waals surface area contributed by atoms with Crippen LogP contribution in [0, 0.1) is 11.3 Å². The van der Waals surface area contributed by atoms with Gasteiger partial charge in [-0.25, -0.2) is 0 Å². The average Bonchev–Trinajstić information content (AvgIpc) is 3.34. The Bertz CT molecular complexity index is 1110. The van der Waals surface area contributed by atoms with Crippen LogP contribution in [0.15, 0.2) is 58.2 Å². The molecule has 0 amide bonds. The highest BCUT2D eigenvalue weighted by atomic mass is 127. The predicted molar refractivity (Wildman–Crippen MR) is 142 cm³/mol. The summed E-state index contributed by atoms with van der Waals surface area (Å²) < 4.78 is 5.32. The maximum atomic E-state index is 9.45. The lowest BCUT2D eigenvalue weighted by atomic mass is 10.0. The first-order valence-electron chi connectivity index (χ1n) is 11.3. The fourth-order valence-electron chi connectivity index (χ4n) is 3.89. The number of halogens is 1. The summed E-state index contributed by atoms with van der Waals surface area (Å²) in [5.41, 5.74) is 2.37. The van der Waals surface area contributed by atoms with E-state index in [0.717, 1.165) is 44.1 Å². The molecule has 178 valence electrons. The standard InChI is InChI=1S/C24H28N8O.HI/c1-2-26-24(28-14-12-22-30-23(33-31-22)20-10-5-6-13-27-20)29-19-9-7-15-32(17-19)21-11-4-3-8-18(21)16-25;/h3-6,8,10-11,13,19H,2,7,9,12,14-15,17H2,1H3,(H2,26,28,29);1H. The number of nitrogens with zero attached hydrogens (tertiary/aromatic N) is 6. The van der Waals surface area contributed by atoms with E-state index in [2.05, 4.69) is 36.7 Å². The van der Waals surface area contributed by atoms with Gasteiger partial charge in [0.05, 0.1) is 11.3 Å². The minimum atomic E-state index is 0. The second-order valence-corrected chi connectivity index (χ2v) is 7.80. The van der Waals surface area contributed by atoms with Gasteiger partial charge in [0.2, 0.25) is 0 Å². The van der Waals surface area contributed by atoms with Gasteiger partial charge in [-0.15, -0.1) is 24.0 Å². The Morgan fingerprint density at radius 1 is 1.26 bits per heavy atom. The summed E-state index contributed by atoms with van der Waals surface area (Å²) in [6, 6.07) is 15.9. The van der Waals surface area contributed by atoms with E-state index in [0.29, 0.717) is 35.9 Å². The summed E-state index contributed by atoms with van der Waals surface area (Å²) in [7, 11) is 0. The van der Waals surface area contributed by atoms with Gasteiger partial charge in [-0.05, 0) is 44.0 Å². The first kappa shape index (κ1) is 25.4. The molecule has 34 heavy (non-hydrogen) atoms. The Labute approximate surface area is 216 Å². The van der Waals surface area contributed by atoms with E-state index < -0.39 is 0 Å². The third-order valence-corrected chi connectivity index (χ3v) is 5.43. The number of piperidine rings is 1. The lowest BCUT2D eigenvalue weighted by Crippen LogP contribution is -2.51. The molecule has 1 unspecified atom stereocenters. The fourth-order valence-corrected chi connectivity index (χ4v) is 3.89. The van der Waals surface area contributed by atoms with Crippen LogP contribution in [0.5, 0.6) is 0 Å². The van der Waals surface area contributed by atoms with Crippen molar-refractivity contribution in [3.05, 3.63) is 60.0 Å². The molecular formula is C24H29IN8O. The number of aromatic nitrogens is 3. The lowest BCUT2D eigenvalue weighted by Gasteiger charge is -2.35. The number of aliphatic imine (C=N–C) groups is 1. The van der Waals surface area contributed by atoms with Crippen molar-refractivity contribution in [1.29, 1.82) is 5.26 Å². The Balaban J connectivity index is 0.00000324. The van der Waals surface area contributed by atoms with Gasteiger partial charge < -0.3 is 20.1 Å². The van der Waals surface area contributed by atoms with E-state index in [1.165, 1.54) is 0 Å². The number of hydrogen-bond donors (Lipinski definition) is 2. The molecule has 0 spiro atoms. The zero-order valence-electron chi connectivity index (χ0n) is 19.1. The number of anilines is 1. The number of benzene rings is 1. The van der Waals surface area contributed by atoms with Crippen LogP contribution in [-0.2, 0) is 6.42 Å². The van der Waals surface area contributed by atoms with Crippen LogP contribution in [-0.4, -0.2) is 53.3 Å². The topological polar surface area (TPSA) is 115 Å². The Morgan fingerprint density at radius 3 is 2.91 bits per heavy atom. The highest BCUT2D eigenvalue weighted by Gasteiger charge is 2.22. The van der Waals surface area contributed by atoms with Gasteiger partial charge in [0, 0.05) is 44.8 Å². The highest BCUT2D eigenvalue weighted by molar-refractivity contribution is 14.0. The van der Waals surface area contributed by atoms with Gasteiger partial charge in [-0.3, -0.25) is 9.98 Å². The number of hydrogen-bond acceptors (Lipinski definition) is 7. The molecule has 3 heterocycles. The van der Waals surface area contributed by atoms with E-state index in [9.17, 15) is 5.26 Å². The summed E-state index contributed by atoms with van der Waals surface area (Å²) in [6.07, 6.45) is 4.37. The first-order chi connectivity index (χ1) is 16.3. The molecule has 2 aromatic heterocycles. The van der Waals surface area contributed by atoms with Gasteiger partial charge in [0.15, 0.2) is 11.8 Å². The van der Waals surface area contributed by atoms with Gasteiger partial charge in [-0.1, -0.05) is 23.4 Å². The maximum Gasteiger partial charge on any atom is 0.276 e. The van der Waals surface area contributed by atoms with Crippen molar-refractivity contribution in [2.45, 2.75) is 32.2 Å². The second kappa shape index (κ2) is 12.9. The lowest BCUT2D eigenvalue weighted by molar-refractivity contribution is 0.421. The zero-order valence-corrected chi connectivity index (χ0v) is 21.5. The minimum Gasteiger partial charge on any atom is -0.368 e. The molecule has 4 rings (SSSR count). The molecule has 2 N–H and O–H groups in total. The molecular weight excluding hydrogens is 543 g/mol. The van der Waals surface area contributed by atoms with Crippen molar-refractivity contribution in [3.63, 3.8) is 0 Å². The number of guanidine groups is 1. The summed E-state index contributed by atoms with van der Waals surface area (Å²) in [5, 5.41) is 20.4. The molecule has 1 saturated heterocycles. The number of nitrogens with one attached hydrogen (secondary N) is 2. The number of rotatable bonds is 7. The minimum absolute atomic E-state index is 0. The average molecular weight is 572 g/mol. The van der Waals surface area contributed by atoms with Crippen LogP contribution in [0.4, 0.5) is 5.69 Å². The molecule has 0 saturated carbocycles. The van der Waals surface area contributed by atoms with Gasteiger partial charge in [0.1, 0.15) is 11.8 Å². The zero-order chi connectivity index (χ0) is 22.9.